The van der Waals surface area contributed by atoms with Crippen molar-refractivity contribution in [3.8, 4) is 0 Å². The van der Waals surface area contributed by atoms with Gasteiger partial charge in [0.25, 0.3) is 0 Å². The second-order valence-corrected chi connectivity index (χ2v) is 6.19. The molecule has 1 heterocycles. The maximum Gasteiger partial charge on any atom is 0.232 e. The van der Waals surface area contributed by atoms with Crippen LogP contribution in [0.2, 0.25) is 5.02 Å². The number of amides is 1. The Bertz CT molecular complexity index is 881. The minimum absolute atomic E-state index is 0.353. The zero-order valence-electron chi connectivity index (χ0n) is 13.6. The van der Waals surface area contributed by atoms with E-state index in [2.05, 4.69) is 10.3 Å². The molecule has 3 aromatic rings. The highest BCUT2D eigenvalue weighted by Crippen LogP contribution is 2.26. The zero-order chi connectivity index (χ0) is 18.5. The van der Waals surface area contributed by atoms with Gasteiger partial charge in [0.05, 0.1) is 5.92 Å². The number of carbonyl (C=O) groups excluding carboxylic acids is 1. The molecule has 26 heavy (non-hydrogen) atoms. The molecule has 3 nitrogen and oxygen atoms in total. The van der Waals surface area contributed by atoms with Crippen LogP contribution in [0.15, 0.2) is 67.0 Å². The molecule has 0 radical (unpaired) electrons. The Kier molecular flexibility index (Phi) is 5.58. The van der Waals surface area contributed by atoms with Gasteiger partial charge in [-0.3, -0.25) is 9.78 Å². The number of aromatic nitrogens is 1. The molecule has 0 fully saturated rings. The number of para-hydroxylation sites is 1. The number of pyridine rings is 1. The number of hydrogen-bond donors (Lipinski definition) is 1. The van der Waals surface area contributed by atoms with Crippen LogP contribution in [0.5, 0.6) is 0 Å². The molecule has 0 saturated heterocycles. The highest BCUT2D eigenvalue weighted by molar-refractivity contribution is 6.30. The van der Waals surface area contributed by atoms with Gasteiger partial charge in [-0.1, -0.05) is 29.8 Å². The highest BCUT2D eigenvalue weighted by atomic mass is 35.5. The average Bonchev–Trinajstić information content (AvgIpc) is 2.64. The van der Waals surface area contributed by atoms with Crippen molar-refractivity contribution < 1.29 is 13.6 Å². The number of benzene rings is 2. The van der Waals surface area contributed by atoms with Crippen LogP contribution in [0.1, 0.15) is 17.0 Å². The molecule has 0 aliphatic heterocycles. The third-order valence-corrected chi connectivity index (χ3v) is 4.24. The van der Waals surface area contributed by atoms with E-state index in [1.165, 1.54) is 6.07 Å². The van der Waals surface area contributed by atoms with E-state index >= 15 is 0 Å². The number of hydrogen-bond acceptors (Lipinski definition) is 2. The van der Waals surface area contributed by atoms with Gasteiger partial charge in [0, 0.05) is 17.4 Å². The van der Waals surface area contributed by atoms with Crippen molar-refractivity contribution in [3.63, 3.8) is 0 Å². The maximum atomic E-state index is 13.9. The molecule has 0 bridgehead atoms. The fraction of sp³-hybridized carbons (Fsp3) is 0.100. The summed E-state index contributed by atoms with van der Waals surface area (Å²) in [5.41, 5.74) is 1.12. The Morgan fingerprint density at radius 1 is 1.00 bits per heavy atom. The minimum atomic E-state index is -0.822. The van der Waals surface area contributed by atoms with E-state index in [4.69, 9.17) is 11.6 Å². The molecule has 1 amide bonds. The van der Waals surface area contributed by atoms with Gasteiger partial charge in [0.2, 0.25) is 5.91 Å². The molecule has 1 N–H and O–H groups in total. The van der Waals surface area contributed by atoms with E-state index in [-0.39, 0.29) is 0 Å². The molecule has 1 unspecified atom stereocenters. The van der Waals surface area contributed by atoms with Crippen LogP contribution < -0.4 is 5.32 Å². The van der Waals surface area contributed by atoms with Crippen LogP contribution >= 0.6 is 11.6 Å². The summed E-state index contributed by atoms with van der Waals surface area (Å²) in [4.78, 5) is 16.8. The summed E-state index contributed by atoms with van der Waals surface area (Å²) < 4.78 is 27.8. The lowest BCUT2D eigenvalue weighted by Gasteiger charge is -2.18. The Labute approximate surface area is 154 Å². The van der Waals surface area contributed by atoms with Gasteiger partial charge in [-0.2, -0.15) is 0 Å². The van der Waals surface area contributed by atoms with Crippen molar-refractivity contribution in [1.82, 2.24) is 4.98 Å². The Hall–Kier alpha value is -2.79. The Morgan fingerprint density at radius 3 is 2.23 bits per heavy atom. The molecule has 132 valence electrons. The van der Waals surface area contributed by atoms with E-state index in [9.17, 15) is 13.6 Å². The van der Waals surface area contributed by atoms with Crippen molar-refractivity contribution in [3.05, 3.63) is 94.8 Å². The molecule has 0 saturated carbocycles. The number of rotatable bonds is 5. The summed E-state index contributed by atoms with van der Waals surface area (Å²) in [6.45, 7) is 0. The third kappa shape index (κ3) is 4.24. The quantitative estimate of drug-likeness (QED) is 0.686. The topological polar surface area (TPSA) is 42.0 Å². The number of nitrogens with one attached hydrogen (secondary N) is 1. The normalized spacial score (nSPS) is 11.8. The smallest absolute Gasteiger partial charge is 0.232 e. The van der Waals surface area contributed by atoms with Gasteiger partial charge in [0.15, 0.2) is 0 Å². The maximum absolute atomic E-state index is 13.9. The van der Waals surface area contributed by atoms with Crippen LogP contribution in [0.25, 0.3) is 0 Å². The first kappa shape index (κ1) is 18.0. The molecule has 0 aliphatic carbocycles. The first-order valence-electron chi connectivity index (χ1n) is 7.94. The van der Waals surface area contributed by atoms with Crippen molar-refractivity contribution >= 4 is 23.2 Å². The second kappa shape index (κ2) is 8.06. The fourth-order valence-corrected chi connectivity index (χ4v) is 2.77. The summed E-state index contributed by atoms with van der Waals surface area (Å²) >= 11 is 5.92. The predicted octanol–water partition coefficient (Wildman–Crippen LogP) is 4.98. The summed E-state index contributed by atoms with van der Waals surface area (Å²) in [6.07, 6.45) is 3.61. The summed E-state index contributed by atoms with van der Waals surface area (Å²) in [7, 11) is 0. The molecule has 0 aliphatic rings. The molecular weight excluding hydrogens is 358 g/mol. The second-order valence-electron chi connectivity index (χ2n) is 5.75. The summed E-state index contributed by atoms with van der Waals surface area (Å²) in [6, 6.07) is 13.8. The van der Waals surface area contributed by atoms with Crippen LogP contribution in [0.3, 0.4) is 0 Å². The molecule has 1 atom stereocenters. The molecule has 3 rings (SSSR count). The van der Waals surface area contributed by atoms with E-state index in [0.29, 0.717) is 17.0 Å². The average molecular weight is 373 g/mol. The first-order valence-corrected chi connectivity index (χ1v) is 8.31. The van der Waals surface area contributed by atoms with Crippen molar-refractivity contribution in [2.24, 2.45) is 0 Å². The van der Waals surface area contributed by atoms with E-state index in [1.807, 2.05) is 0 Å². The number of carbonyl (C=O) groups is 1. The van der Waals surface area contributed by atoms with E-state index in [1.54, 1.807) is 48.8 Å². The number of anilines is 1. The van der Waals surface area contributed by atoms with Gasteiger partial charge < -0.3 is 5.32 Å². The largest absolute Gasteiger partial charge is 0.321 e. The van der Waals surface area contributed by atoms with Gasteiger partial charge in [-0.25, -0.2) is 8.78 Å². The van der Waals surface area contributed by atoms with Crippen molar-refractivity contribution in [2.75, 3.05) is 5.32 Å². The molecular formula is C20H15ClF2N2O. The van der Waals surface area contributed by atoms with Crippen molar-refractivity contribution in [2.45, 2.75) is 12.3 Å². The number of nitrogens with zero attached hydrogens (tertiary/aromatic N) is 1. The standard InChI is InChI=1S/C20H15ClF2N2O/c21-15-6-4-14(5-7-15)16(12-13-8-10-24-11-9-13)20(26)25-19-17(22)2-1-3-18(19)23/h1-11,16H,12H2,(H,25,26). The molecule has 2 aromatic carbocycles. The lowest BCUT2D eigenvalue weighted by atomic mass is 9.91. The van der Waals surface area contributed by atoms with Crippen LogP contribution in [-0.2, 0) is 11.2 Å². The van der Waals surface area contributed by atoms with E-state index in [0.717, 1.165) is 17.7 Å². The van der Waals surface area contributed by atoms with Gasteiger partial charge in [-0.05, 0) is 53.9 Å². The minimum Gasteiger partial charge on any atom is -0.321 e. The zero-order valence-corrected chi connectivity index (χ0v) is 14.4. The monoisotopic (exact) mass is 372 g/mol. The Balaban J connectivity index is 1.91. The first-order chi connectivity index (χ1) is 12.5. The lowest BCUT2D eigenvalue weighted by Crippen LogP contribution is -2.24. The van der Waals surface area contributed by atoms with Crippen LogP contribution in [0.4, 0.5) is 14.5 Å². The molecule has 0 spiro atoms. The van der Waals surface area contributed by atoms with Gasteiger partial charge in [-0.15, -0.1) is 0 Å². The summed E-state index contributed by atoms with van der Waals surface area (Å²) in [5, 5.41) is 2.91. The highest BCUT2D eigenvalue weighted by Gasteiger charge is 2.23. The number of halogens is 3. The third-order valence-electron chi connectivity index (χ3n) is 3.99. The van der Waals surface area contributed by atoms with Crippen LogP contribution in [-0.4, -0.2) is 10.9 Å². The SMILES string of the molecule is O=C(Nc1c(F)cccc1F)C(Cc1ccncc1)c1ccc(Cl)cc1. The Morgan fingerprint density at radius 2 is 1.62 bits per heavy atom. The summed E-state index contributed by atoms with van der Waals surface area (Å²) in [5.74, 6) is -2.80. The molecule has 6 heteroatoms. The van der Waals surface area contributed by atoms with Gasteiger partial charge in [0.1, 0.15) is 17.3 Å². The van der Waals surface area contributed by atoms with E-state index < -0.39 is 29.1 Å². The van der Waals surface area contributed by atoms with Crippen LogP contribution in [0, 0.1) is 11.6 Å². The lowest BCUT2D eigenvalue weighted by molar-refractivity contribution is -0.117. The van der Waals surface area contributed by atoms with Gasteiger partial charge >= 0.3 is 0 Å². The fourth-order valence-electron chi connectivity index (χ4n) is 2.64. The predicted molar refractivity (Wildman–Crippen MR) is 97.1 cm³/mol. The van der Waals surface area contributed by atoms with Crippen molar-refractivity contribution in [1.29, 1.82) is 0 Å². The molecule has 1 aromatic heterocycles.